The van der Waals surface area contributed by atoms with Crippen LogP contribution in [0.15, 0.2) is 41.3 Å². The van der Waals surface area contributed by atoms with Crippen molar-refractivity contribution in [3.63, 3.8) is 0 Å². The molecule has 2 saturated carbocycles. The normalized spacial score (nSPS) is 18.7. The summed E-state index contributed by atoms with van der Waals surface area (Å²) in [6.45, 7) is 3.74. The van der Waals surface area contributed by atoms with E-state index in [-0.39, 0.29) is 31.6 Å². The highest BCUT2D eigenvalue weighted by Crippen LogP contribution is 2.45. The Hall–Kier alpha value is -2.96. The maximum Gasteiger partial charge on any atom is 0.248 e. The Morgan fingerprint density at radius 2 is 1.81 bits per heavy atom. The summed E-state index contributed by atoms with van der Waals surface area (Å²) in [5, 5.41) is 2.72. The number of hydrogen-bond donors (Lipinski definition) is 0. The van der Waals surface area contributed by atoms with Gasteiger partial charge in [0.15, 0.2) is 0 Å². The highest BCUT2D eigenvalue weighted by Gasteiger charge is 2.41. The topological polar surface area (TPSA) is 56.7 Å². The van der Waals surface area contributed by atoms with E-state index < -0.39 is 11.3 Å². The lowest BCUT2D eigenvalue weighted by Crippen LogP contribution is -2.45. The fourth-order valence-corrected chi connectivity index (χ4v) is 5.59. The van der Waals surface area contributed by atoms with E-state index in [1.165, 1.54) is 0 Å². The van der Waals surface area contributed by atoms with Crippen LogP contribution >= 0.6 is 0 Å². The van der Waals surface area contributed by atoms with Crippen LogP contribution in [0, 0.1) is 19.8 Å². The molecule has 4 aromatic rings. The molecule has 0 aliphatic heterocycles. The van der Waals surface area contributed by atoms with Crippen molar-refractivity contribution < 1.29 is 13.3 Å². The molecule has 0 atom stereocenters. The van der Waals surface area contributed by atoms with Gasteiger partial charge in [0.25, 0.3) is 0 Å². The molecule has 0 saturated heterocycles. The molecule has 5 nitrogen and oxygen atoms in total. The number of rotatable bonds is 5. The van der Waals surface area contributed by atoms with E-state index in [4.69, 9.17) is 25.2 Å². The van der Waals surface area contributed by atoms with Crippen molar-refractivity contribution in [1.29, 1.82) is 0 Å². The maximum atomic E-state index is 13.9. The van der Waals surface area contributed by atoms with Crippen molar-refractivity contribution in [3.05, 3.63) is 53.9 Å². The van der Waals surface area contributed by atoms with Gasteiger partial charge in [0.2, 0.25) is 5.92 Å². The molecule has 2 aliphatic carbocycles. The van der Waals surface area contributed by atoms with E-state index >= 15 is 0 Å². The third-order valence-electron chi connectivity index (χ3n) is 7.84. The minimum atomic E-state index is -2.66. The number of alkyl halides is 2. The van der Waals surface area contributed by atoms with Crippen molar-refractivity contribution in [2.45, 2.75) is 69.6 Å². The molecule has 36 heavy (non-hydrogen) atoms. The van der Waals surface area contributed by atoms with E-state index in [9.17, 15) is 8.78 Å². The Kier molecular flexibility index (Phi) is 5.39. The minimum Gasteiger partial charge on any atom is -0.361 e. The monoisotopic (exact) mass is 482 g/mol. The zero-order valence-electron chi connectivity index (χ0n) is 20.5. The van der Waals surface area contributed by atoms with Crippen molar-refractivity contribution in [2.24, 2.45) is 5.92 Å². The molecule has 0 bridgehead atoms. The average Bonchev–Trinajstić information content (AvgIpc) is 3.55. The largest absolute Gasteiger partial charge is 0.361 e. The van der Waals surface area contributed by atoms with Crippen molar-refractivity contribution in [2.75, 3.05) is 0 Å². The van der Waals surface area contributed by atoms with Gasteiger partial charge >= 0.3 is 0 Å². The summed E-state index contributed by atoms with van der Waals surface area (Å²) in [6.07, 6.45) is 7.95. The molecule has 4 aromatic heterocycles. The summed E-state index contributed by atoms with van der Waals surface area (Å²) < 4.78 is 35.1. The second-order valence-electron chi connectivity index (χ2n) is 10.5. The van der Waals surface area contributed by atoms with Crippen LogP contribution in [0.5, 0.6) is 0 Å². The van der Waals surface area contributed by atoms with Crippen molar-refractivity contribution >= 4 is 26.7 Å². The molecule has 6 rings (SSSR count). The molecule has 4 heterocycles. The van der Waals surface area contributed by atoms with Crippen LogP contribution in [0.1, 0.15) is 61.6 Å². The van der Waals surface area contributed by atoms with Crippen LogP contribution in [0.3, 0.4) is 0 Å². The molecule has 180 valence electrons. The number of nitrogens with zero attached hydrogens (tertiary/aromatic N) is 4. The highest BCUT2D eigenvalue weighted by molar-refractivity contribution is 6.38. The summed E-state index contributed by atoms with van der Waals surface area (Å²) in [5.41, 5.74) is 6.91. The molecule has 0 unspecified atom stereocenters. The van der Waals surface area contributed by atoms with Crippen LogP contribution in [-0.2, 0) is 5.34 Å². The predicted molar refractivity (Wildman–Crippen MR) is 136 cm³/mol. The zero-order chi connectivity index (χ0) is 25.2. The van der Waals surface area contributed by atoms with Gasteiger partial charge in [0, 0.05) is 59.7 Å². The first-order valence-electron chi connectivity index (χ1n) is 12.5. The predicted octanol–water partition coefficient (Wildman–Crippen LogP) is 6.02. The molecular weight excluding hydrogens is 456 g/mol. The first kappa shape index (κ1) is 23.4. The summed E-state index contributed by atoms with van der Waals surface area (Å²) in [7, 11) is 13.6. The maximum absolute atomic E-state index is 13.9. The van der Waals surface area contributed by atoms with Crippen LogP contribution in [0.4, 0.5) is 8.78 Å². The molecule has 0 amide bonds. The van der Waals surface area contributed by atoms with Gasteiger partial charge < -0.3 is 9.09 Å². The lowest BCUT2D eigenvalue weighted by atomic mass is 9.52. The van der Waals surface area contributed by atoms with Crippen LogP contribution < -0.4 is 0 Å². The molecule has 0 aromatic carbocycles. The summed E-state index contributed by atoms with van der Waals surface area (Å²) in [4.78, 5) is 9.40. The molecular formula is C27H26B2F2N4O. The summed E-state index contributed by atoms with van der Waals surface area (Å²) in [5.74, 6) is -1.77. The number of fused-ring (bicyclic) bond motifs is 1. The lowest BCUT2D eigenvalue weighted by molar-refractivity contribution is -0.0498. The Morgan fingerprint density at radius 3 is 2.47 bits per heavy atom. The van der Waals surface area contributed by atoms with Gasteiger partial charge in [-0.2, -0.15) is 0 Å². The standard InChI is InChI=1S/C27H26B2F2N4O/c1-15-24(16(2)36-34-15)19-12-23-25(33-13-19)21(18-7-10-32-22(11-18)17-3-4-17)14-35(23)27(28,29)20-5-8-26(30,31)9-6-20/h7,10-14,17,20H,3-6,8-9H2,1-2H3. The van der Waals surface area contributed by atoms with E-state index in [1.807, 2.05) is 49.1 Å². The Morgan fingerprint density at radius 1 is 1.06 bits per heavy atom. The van der Waals surface area contributed by atoms with Gasteiger partial charge in [0.1, 0.15) is 5.76 Å². The van der Waals surface area contributed by atoms with Crippen LogP contribution in [-0.4, -0.2) is 41.3 Å². The number of aromatic nitrogens is 4. The van der Waals surface area contributed by atoms with Gasteiger partial charge in [-0.1, -0.05) is 5.16 Å². The van der Waals surface area contributed by atoms with E-state index in [1.54, 1.807) is 0 Å². The van der Waals surface area contributed by atoms with E-state index in [2.05, 4.69) is 16.2 Å². The molecule has 2 fully saturated rings. The number of pyridine rings is 2. The summed E-state index contributed by atoms with van der Waals surface area (Å²) in [6, 6.07) is 6.06. The van der Waals surface area contributed by atoms with Gasteiger partial charge in [-0.15, -0.1) is 0 Å². The third-order valence-corrected chi connectivity index (χ3v) is 7.84. The van der Waals surface area contributed by atoms with Gasteiger partial charge in [0.05, 0.1) is 32.4 Å². The van der Waals surface area contributed by atoms with E-state index in [0.29, 0.717) is 11.7 Å². The smallest absolute Gasteiger partial charge is 0.248 e. The third kappa shape index (κ3) is 3.97. The first-order chi connectivity index (χ1) is 17.1. The Balaban J connectivity index is 1.52. The first-order valence-corrected chi connectivity index (χ1v) is 12.5. The minimum absolute atomic E-state index is 0.211. The fourth-order valence-electron chi connectivity index (χ4n) is 5.59. The second kappa shape index (κ2) is 8.29. The van der Waals surface area contributed by atoms with Crippen molar-refractivity contribution in [1.82, 2.24) is 19.7 Å². The number of aryl methyl sites for hydroxylation is 2. The molecule has 9 heteroatoms. The van der Waals surface area contributed by atoms with Crippen molar-refractivity contribution in [3.8, 4) is 22.3 Å². The van der Waals surface area contributed by atoms with E-state index in [0.717, 1.165) is 57.5 Å². The molecule has 0 N–H and O–H groups in total. The van der Waals surface area contributed by atoms with Gasteiger partial charge in [-0.25, -0.2) is 8.78 Å². The molecule has 0 spiro atoms. The Bertz CT molecular complexity index is 1430. The highest BCUT2D eigenvalue weighted by atomic mass is 19.3. The van der Waals surface area contributed by atoms with Gasteiger partial charge in [-0.05, 0) is 74.5 Å². The lowest BCUT2D eigenvalue weighted by Gasteiger charge is -2.42. The molecule has 2 aliphatic rings. The average molecular weight is 482 g/mol. The second-order valence-corrected chi connectivity index (χ2v) is 10.5. The van der Waals surface area contributed by atoms with Crippen LogP contribution in [0.2, 0.25) is 0 Å². The van der Waals surface area contributed by atoms with Crippen LogP contribution in [0.25, 0.3) is 33.3 Å². The summed E-state index contributed by atoms with van der Waals surface area (Å²) >= 11 is 0. The quantitative estimate of drug-likeness (QED) is 0.327. The Labute approximate surface area is 211 Å². The number of halogens is 2. The fraction of sp³-hybridized carbons (Fsp3) is 0.444. The SMILES string of the molecule is [B]C([B])(C1CCC(F)(F)CC1)n1cc(-c2ccnc(C3CC3)c2)c2ncc(-c3c(C)noc3C)cc21. The number of hydrogen-bond acceptors (Lipinski definition) is 4. The zero-order valence-corrected chi connectivity index (χ0v) is 20.5. The van der Waals surface area contributed by atoms with Gasteiger partial charge in [-0.3, -0.25) is 9.97 Å². The molecule has 4 radical (unpaired) electrons.